The van der Waals surface area contributed by atoms with Crippen LogP contribution >= 0.6 is 11.8 Å². The summed E-state index contributed by atoms with van der Waals surface area (Å²) >= 11 is 0.830. The lowest BCUT2D eigenvalue weighted by Gasteiger charge is -2.12. The van der Waals surface area contributed by atoms with Gasteiger partial charge in [-0.05, 0) is 79.7 Å². The molecular weight excluding hydrogens is 440 g/mol. The van der Waals surface area contributed by atoms with Crippen molar-refractivity contribution in [3.05, 3.63) is 76.7 Å². The summed E-state index contributed by atoms with van der Waals surface area (Å²) in [6, 6.07) is 12.5. The first kappa shape index (κ1) is 22.3. The Balaban J connectivity index is 1.49. The van der Waals surface area contributed by atoms with Gasteiger partial charge < -0.3 is 14.6 Å². The highest BCUT2D eigenvalue weighted by molar-refractivity contribution is 8.18. The zero-order chi connectivity index (χ0) is 23.5. The van der Waals surface area contributed by atoms with Crippen molar-refractivity contribution in [3.63, 3.8) is 0 Å². The minimum Gasteiger partial charge on any atom is -0.497 e. The summed E-state index contributed by atoms with van der Waals surface area (Å²) < 4.78 is 7.12. The van der Waals surface area contributed by atoms with Gasteiger partial charge in [0, 0.05) is 23.3 Å². The average molecular weight is 463 g/mol. The smallest absolute Gasteiger partial charge is 0.294 e. The van der Waals surface area contributed by atoms with E-state index < -0.39 is 17.1 Å². The summed E-state index contributed by atoms with van der Waals surface area (Å²) in [6.45, 7) is 3.55. The number of aryl methyl sites for hydroxylation is 1. The third-order valence-electron chi connectivity index (χ3n) is 5.21. The van der Waals surface area contributed by atoms with Crippen molar-refractivity contribution in [1.29, 1.82) is 0 Å². The van der Waals surface area contributed by atoms with Crippen LogP contribution in [-0.4, -0.2) is 45.2 Å². The molecule has 1 aliphatic heterocycles. The molecule has 3 amide bonds. The molecule has 2 aromatic heterocycles. The Morgan fingerprint density at radius 3 is 2.61 bits per heavy atom. The molecule has 33 heavy (non-hydrogen) atoms. The van der Waals surface area contributed by atoms with Gasteiger partial charge in [-0.15, -0.1) is 0 Å². The zero-order valence-electron chi connectivity index (χ0n) is 18.4. The molecule has 0 spiro atoms. The largest absolute Gasteiger partial charge is 0.497 e. The molecule has 3 aromatic rings. The molecule has 8 nitrogen and oxygen atoms in total. The average Bonchev–Trinajstić information content (AvgIpc) is 3.24. The third kappa shape index (κ3) is 4.68. The van der Waals surface area contributed by atoms with Crippen LogP contribution in [0.25, 0.3) is 11.8 Å². The number of ether oxygens (including phenoxy) is 1. The van der Waals surface area contributed by atoms with Gasteiger partial charge in [-0.1, -0.05) is 0 Å². The molecule has 9 heteroatoms. The second-order valence-electron chi connectivity index (χ2n) is 7.42. The maximum atomic E-state index is 12.9. The summed E-state index contributed by atoms with van der Waals surface area (Å²) in [6.07, 6.45) is 5.17. The van der Waals surface area contributed by atoms with E-state index in [-0.39, 0.29) is 11.4 Å². The summed E-state index contributed by atoms with van der Waals surface area (Å²) in [7, 11) is 1.55. The number of imide groups is 1. The van der Waals surface area contributed by atoms with E-state index >= 15 is 0 Å². The number of amides is 3. The number of rotatable bonds is 6. The van der Waals surface area contributed by atoms with E-state index in [1.807, 2.05) is 36.6 Å². The number of methoxy groups -OCH3 is 1. The van der Waals surface area contributed by atoms with E-state index in [4.69, 9.17) is 4.74 Å². The third-order valence-corrected chi connectivity index (χ3v) is 6.12. The maximum Gasteiger partial charge on any atom is 0.294 e. The Labute approximate surface area is 195 Å². The van der Waals surface area contributed by atoms with Crippen LogP contribution in [0.3, 0.4) is 0 Å². The van der Waals surface area contributed by atoms with Crippen LogP contribution in [0.1, 0.15) is 17.0 Å². The molecular formula is C24H22N4O4S. The first-order valence-corrected chi connectivity index (χ1v) is 11.0. The van der Waals surface area contributed by atoms with Crippen LogP contribution in [0, 0.1) is 13.8 Å². The SMILES string of the molecule is COc1ccc(NC(=O)CN2C(=O)S/C(=C/c3cc(C)n(-c4cccnc4)c3C)C2=O)cc1. The normalized spacial score (nSPS) is 14.8. The zero-order valence-corrected chi connectivity index (χ0v) is 19.2. The second kappa shape index (κ2) is 9.33. The van der Waals surface area contributed by atoms with E-state index in [0.717, 1.165) is 39.3 Å². The van der Waals surface area contributed by atoms with Crippen LogP contribution in [0.4, 0.5) is 10.5 Å². The van der Waals surface area contributed by atoms with Crippen molar-refractivity contribution in [2.45, 2.75) is 13.8 Å². The number of thioether (sulfide) groups is 1. The number of nitrogens with zero attached hydrogens (tertiary/aromatic N) is 3. The molecule has 4 rings (SSSR count). The molecule has 1 aliphatic rings. The van der Waals surface area contributed by atoms with Crippen LogP contribution < -0.4 is 10.1 Å². The van der Waals surface area contributed by atoms with Crippen molar-refractivity contribution in [2.24, 2.45) is 0 Å². The molecule has 0 atom stereocenters. The fraction of sp³-hybridized carbons (Fsp3) is 0.167. The lowest BCUT2D eigenvalue weighted by Crippen LogP contribution is -2.36. The van der Waals surface area contributed by atoms with Gasteiger partial charge in [-0.25, -0.2) is 0 Å². The minimum atomic E-state index is -0.485. The summed E-state index contributed by atoms with van der Waals surface area (Å²) in [5.74, 6) is -0.286. The standard InChI is InChI=1S/C24H22N4O4S/c1-15-11-17(16(2)28(15)19-5-4-10-25-13-19)12-21-23(30)27(24(31)33-21)14-22(29)26-18-6-8-20(32-3)9-7-18/h4-13H,14H2,1-3H3,(H,26,29)/b21-12+. The van der Waals surface area contributed by atoms with Gasteiger partial charge in [0.2, 0.25) is 5.91 Å². The van der Waals surface area contributed by atoms with Crippen molar-refractivity contribution in [3.8, 4) is 11.4 Å². The number of hydrogen-bond acceptors (Lipinski definition) is 6. The number of carbonyl (C=O) groups excluding carboxylic acids is 3. The molecule has 1 fully saturated rings. The van der Waals surface area contributed by atoms with E-state index in [0.29, 0.717) is 11.4 Å². The Morgan fingerprint density at radius 2 is 1.94 bits per heavy atom. The highest BCUT2D eigenvalue weighted by Crippen LogP contribution is 2.33. The fourth-order valence-electron chi connectivity index (χ4n) is 3.61. The number of aromatic nitrogens is 2. The van der Waals surface area contributed by atoms with Gasteiger partial charge in [0.1, 0.15) is 12.3 Å². The van der Waals surface area contributed by atoms with Crippen LogP contribution in [-0.2, 0) is 9.59 Å². The van der Waals surface area contributed by atoms with Crippen LogP contribution in [0.15, 0.2) is 59.8 Å². The highest BCUT2D eigenvalue weighted by atomic mass is 32.2. The lowest BCUT2D eigenvalue weighted by molar-refractivity contribution is -0.127. The van der Waals surface area contributed by atoms with Gasteiger partial charge >= 0.3 is 0 Å². The van der Waals surface area contributed by atoms with E-state index in [2.05, 4.69) is 10.3 Å². The number of anilines is 1. The molecule has 1 aromatic carbocycles. The number of carbonyl (C=O) groups is 3. The Morgan fingerprint density at radius 1 is 1.18 bits per heavy atom. The van der Waals surface area contributed by atoms with E-state index in [1.54, 1.807) is 49.8 Å². The predicted octanol–water partition coefficient (Wildman–Crippen LogP) is 4.17. The fourth-order valence-corrected chi connectivity index (χ4v) is 4.44. The van der Waals surface area contributed by atoms with Gasteiger partial charge in [0.25, 0.3) is 11.1 Å². The Bertz CT molecular complexity index is 1250. The predicted molar refractivity (Wildman–Crippen MR) is 127 cm³/mol. The summed E-state index contributed by atoms with van der Waals surface area (Å²) in [5, 5.41) is 2.21. The molecule has 3 heterocycles. The number of benzene rings is 1. The molecule has 1 saturated heterocycles. The van der Waals surface area contributed by atoms with Gasteiger partial charge in [-0.3, -0.25) is 24.3 Å². The van der Waals surface area contributed by atoms with Gasteiger partial charge in [0.05, 0.1) is 23.9 Å². The number of hydrogen-bond donors (Lipinski definition) is 1. The molecule has 0 radical (unpaired) electrons. The number of nitrogens with one attached hydrogen (secondary N) is 1. The highest BCUT2D eigenvalue weighted by Gasteiger charge is 2.36. The van der Waals surface area contributed by atoms with Crippen molar-refractivity contribution in [2.75, 3.05) is 19.0 Å². The molecule has 0 unspecified atom stereocenters. The van der Waals surface area contributed by atoms with Crippen molar-refractivity contribution >= 4 is 40.6 Å². The van der Waals surface area contributed by atoms with Gasteiger partial charge in [-0.2, -0.15) is 0 Å². The van der Waals surface area contributed by atoms with E-state index in [9.17, 15) is 14.4 Å². The molecule has 0 aliphatic carbocycles. The Kier molecular flexibility index (Phi) is 6.32. The topological polar surface area (TPSA) is 93.5 Å². The molecule has 0 saturated carbocycles. The van der Waals surface area contributed by atoms with Crippen LogP contribution in [0.5, 0.6) is 5.75 Å². The first-order valence-electron chi connectivity index (χ1n) is 10.2. The van der Waals surface area contributed by atoms with Crippen LogP contribution in [0.2, 0.25) is 0 Å². The Hall–Kier alpha value is -3.85. The van der Waals surface area contributed by atoms with E-state index in [1.165, 1.54) is 0 Å². The first-order chi connectivity index (χ1) is 15.9. The monoisotopic (exact) mass is 462 g/mol. The lowest BCUT2D eigenvalue weighted by atomic mass is 10.2. The molecule has 1 N–H and O–H groups in total. The number of pyridine rings is 1. The maximum absolute atomic E-state index is 12.9. The second-order valence-corrected chi connectivity index (χ2v) is 8.41. The van der Waals surface area contributed by atoms with Crippen molar-refractivity contribution in [1.82, 2.24) is 14.5 Å². The summed E-state index contributed by atoms with van der Waals surface area (Å²) in [5.41, 5.74) is 4.18. The summed E-state index contributed by atoms with van der Waals surface area (Å²) in [4.78, 5) is 43.1. The minimum absolute atomic E-state index is 0.281. The van der Waals surface area contributed by atoms with Crippen molar-refractivity contribution < 1.29 is 19.1 Å². The van der Waals surface area contributed by atoms with Gasteiger partial charge in [0.15, 0.2) is 0 Å². The molecule has 168 valence electrons. The molecule has 0 bridgehead atoms. The quantitative estimate of drug-likeness (QED) is 0.553.